The zero-order valence-corrected chi connectivity index (χ0v) is 10.6. The summed E-state index contributed by atoms with van der Waals surface area (Å²) in [6, 6.07) is 0. The molecule has 18 heavy (non-hydrogen) atoms. The molecule has 0 aromatic rings. The van der Waals surface area contributed by atoms with E-state index in [9.17, 15) is 9.59 Å². The van der Waals surface area contributed by atoms with Gasteiger partial charge in [-0.1, -0.05) is 0 Å². The van der Waals surface area contributed by atoms with Crippen LogP contribution in [-0.2, 0) is 14.3 Å². The summed E-state index contributed by atoms with van der Waals surface area (Å²) in [5.41, 5.74) is 0. The SMILES string of the molecule is O=C(O)C1CCC(CNC(=O)[C@H]2CCCO2)CC1. The number of amides is 1. The highest BCUT2D eigenvalue weighted by Crippen LogP contribution is 2.28. The molecule has 0 radical (unpaired) electrons. The molecule has 5 nitrogen and oxygen atoms in total. The Morgan fingerprint density at radius 1 is 1.17 bits per heavy atom. The van der Waals surface area contributed by atoms with Crippen LogP contribution in [0.15, 0.2) is 0 Å². The van der Waals surface area contributed by atoms with Crippen molar-refractivity contribution in [2.75, 3.05) is 13.2 Å². The monoisotopic (exact) mass is 255 g/mol. The van der Waals surface area contributed by atoms with Gasteiger partial charge in [-0.15, -0.1) is 0 Å². The highest BCUT2D eigenvalue weighted by atomic mass is 16.5. The molecule has 2 N–H and O–H groups in total. The van der Waals surface area contributed by atoms with Crippen LogP contribution in [0.3, 0.4) is 0 Å². The minimum Gasteiger partial charge on any atom is -0.481 e. The fourth-order valence-electron chi connectivity index (χ4n) is 2.76. The van der Waals surface area contributed by atoms with E-state index in [1.54, 1.807) is 0 Å². The maximum atomic E-state index is 11.7. The van der Waals surface area contributed by atoms with Gasteiger partial charge in [-0.3, -0.25) is 9.59 Å². The number of aliphatic carboxylic acids is 1. The lowest BCUT2D eigenvalue weighted by molar-refractivity contribution is -0.143. The zero-order chi connectivity index (χ0) is 13.0. The van der Waals surface area contributed by atoms with Crippen molar-refractivity contribution < 1.29 is 19.4 Å². The Hall–Kier alpha value is -1.10. The molecule has 1 aliphatic heterocycles. The normalized spacial score (nSPS) is 32.1. The summed E-state index contributed by atoms with van der Waals surface area (Å²) in [6.45, 7) is 1.34. The van der Waals surface area contributed by atoms with Crippen LogP contribution in [-0.4, -0.2) is 36.2 Å². The summed E-state index contributed by atoms with van der Waals surface area (Å²) in [6.07, 6.45) is 4.76. The average Bonchev–Trinajstić information content (AvgIpc) is 2.90. The molecule has 2 fully saturated rings. The molecule has 1 amide bonds. The topological polar surface area (TPSA) is 75.6 Å². The molecule has 1 aliphatic carbocycles. The molecule has 0 bridgehead atoms. The van der Waals surface area contributed by atoms with Crippen molar-refractivity contribution in [2.45, 2.75) is 44.6 Å². The molecule has 5 heteroatoms. The highest BCUT2D eigenvalue weighted by molar-refractivity contribution is 5.80. The van der Waals surface area contributed by atoms with Crippen molar-refractivity contribution in [3.05, 3.63) is 0 Å². The number of nitrogens with one attached hydrogen (secondary N) is 1. The van der Waals surface area contributed by atoms with Gasteiger partial charge in [0.1, 0.15) is 6.10 Å². The number of carboxylic acids is 1. The van der Waals surface area contributed by atoms with Crippen LogP contribution in [0.25, 0.3) is 0 Å². The first-order valence-electron chi connectivity index (χ1n) is 6.79. The molecule has 1 saturated carbocycles. The highest BCUT2D eigenvalue weighted by Gasteiger charge is 2.27. The van der Waals surface area contributed by atoms with E-state index in [-0.39, 0.29) is 17.9 Å². The van der Waals surface area contributed by atoms with Gasteiger partial charge in [0, 0.05) is 13.2 Å². The van der Waals surface area contributed by atoms with E-state index in [1.165, 1.54) is 0 Å². The van der Waals surface area contributed by atoms with Gasteiger partial charge in [0.15, 0.2) is 0 Å². The first kappa shape index (κ1) is 13.3. The lowest BCUT2D eigenvalue weighted by Gasteiger charge is -2.26. The van der Waals surface area contributed by atoms with Gasteiger partial charge in [0.2, 0.25) is 5.91 Å². The summed E-state index contributed by atoms with van der Waals surface area (Å²) in [4.78, 5) is 22.5. The Kier molecular flexibility index (Phi) is 4.58. The number of ether oxygens (including phenoxy) is 1. The number of rotatable bonds is 4. The molecule has 0 unspecified atom stereocenters. The smallest absolute Gasteiger partial charge is 0.306 e. The van der Waals surface area contributed by atoms with Crippen molar-refractivity contribution in [1.82, 2.24) is 5.32 Å². The first-order valence-corrected chi connectivity index (χ1v) is 6.79. The molecule has 1 atom stereocenters. The predicted molar refractivity (Wildman–Crippen MR) is 65.1 cm³/mol. The summed E-state index contributed by atoms with van der Waals surface area (Å²) >= 11 is 0. The summed E-state index contributed by atoms with van der Waals surface area (Å²) in [5, 5.41) is 11.8. The fraction of sp³-hybridized carbons (Fsp3) is 0.846. The second-order valence-electron chi connectivity index (χ2n) is 5.30. The second-order valence-corrected chi connectivity index (χ2v) is 5.30. The van der Waals surface area contributed by atoms with Crippen LogP contribution in [0.2, 0.25) is 0 Å². The molecule has 2 rings (SSSR count). The van der Waals surface area contributed by atoms with E-state index in [0.29, 0.717) is 19.1 Å². The second kappa shape index (κ2) is 6.18. The number of carbonyl (C=O) groups is 2. The van der Waals surface area contributed by atoms with Gasteiger partial charge in [-0.2, -0.15) is 0 Å². The first-order chi connectivity index (χ1) is 8.66. The van der Waals surface area contributed by atoms with Crippen LogP contribution >= 0.6 is 0 Å². The van der Waals surface area contributed by atoms with Crippen LogP contribution < -0.4 is 5.32 Å². The van der Waals surface area contributed by atoms with Gasteiger partial charge < -0.3 is 15.2 Å². The van der Waals surface area contributed by atoms with Gasteiger partial charge in [-0.25, -0.2) is 0 Å². The van der Waals surface area contributed by atoms with E-state index in [0.717, 1.165) is 38.5 Å². The summed E-state index contributed by atoms with van der Waals surface area (Å²) in [7, 11) is 0. The Morgan fingerprint density at radius 3 is 2.44 bits per heavy atom. The van der Waals surface area contributed by atoms with Crippen LogP contribution in [0.1, 0.15) is 38.5 Å². The van der Waals surface area contributed by atoms with Crippen molar-refractivity contribution in [1.29, 1.82) is 0 Å². The van der Waals surface area contributed by atoms with E-state index in [2.05, 4.69) is 5.32 Å². The Morgan fingerprint density at radius 2 is 1.89 bits per heavy atom. The molecule has 0 spiro atoms. The zero-order valence-electron chi connectivity index (χ0n) is 10.6. The largest absolute Gasteiger partial charge is 0.481 e. The standard InChI is InChI=1S/C13H21NO4/c15-12(11-2-1-7-18-11)14-8-9-3-5-10(6-4-9)13(16)17/h9-11H,1-8H2,(H,14,15)(H,16,17)/t9?,10?,11-/m1/s1. The van der Waals surface area contributed by atoms with E-state index in [4.69, 9.17) is 9.84 Å². The molecule has 1 saturated heterocycles. The lowest BCUT2D eigenvalue weighted by Crippen LogP contribution is -2.38. The number of carbonyl (C=O) groups excluding carboxylic acids is 1. The number of carboxylic acid groups (broad SMARTS) is 1. The minimum absolute atomic E-state index is 0.00661. The molecule has 2 aliphatic rings. The van der Waals surface area contributed by atoms with Crippen LogP contribution in [0.4, 0.5) is 0 Å². The minimum atomic E-state index is -0.683. The molecular weight excluding hydrogens is 234 g/mol. The molecule has 0 aromatic carbocycles. The molecular formula is C13H21NO4. The van der Waals surface area contributed by atoms with E-state index in [1.807, 2.05) is 0 Å². The maximum absolute atomic E-state index is 11.7. The van der Waals surface area contributed by atoms with Crippen molar-refractivity contribution in [3.8, 4) is 0 Å². The van der Waals surface area contributed by atoms with Crippen LogP contribution in [0, 0.1) is 11.8 Å². The van der Waals surface area contributed by atoms with E-state index >= 15 is 0 Å². The van der Waals surface area contributed by atoms with Gasteiger partial charge >= 0.3 is 5.97 Å². The lowest BCUT2D eigenvalue weighted by atomic mass is 9.82. The third kappa shape index (κ3) is 3.45. The van der Waals surface area contributed by atoms with Gasteiger partial charge in [-0.05, 0) is 44.4 Å². The third-order valence-corrected chi connectivity index (χ3v) is 3.98. The quantitative estimate of drug-likeness (QED) is 0.790. The Bertz CT molecular complexity index is 304. The maximum Gasteiger partial charge on any atom is 0.306 e. The fourth-order valence-corrected chi connectivity index (χ4v) is 2.76. The van der Waals surface area contributed by atoms with Gasteiger partial charge in [0.25, 0.3) is 0 Å². The Balaban J connectivity index is 1.65. The summed E-state index contributed by atoms with van der Waals surface area (Å²) < 4.78 is 5.31. The predicted octanol–water partition coefficient (Wildman–Crippen LogP) is 1.17. The van der Waals surface area contributed by atoms with Gasteiger partial charge in [0.05, 0.1) is 5.92 Å². The number of hydrogen-bond donors (Lipinski definition) is 2. The van der Waals surface area contributed by atoms with Crippen LogP contribution in [0.5, 0.6) is 0 Å². The summed E-state index contributed by atoms with van der Waals surface area (Å²) in [5.74, 6) is -0.453. The average molecular weight is 255 g/mol. The number of hydrogen-bond acceptors (Lipinski definition) is 3. The van der Waals surface area contributed by atoms with Crippen molar-refractivity contribution >= 4 is 11.9 Å². The van der Waals surface area contributed by atoms with E-state index < -0.39 is 5.97 Å². The third-order valence-electron chi connectivity index (χ3n) is 3.98. The van der Waals surface area contributed by atoms with Crippen molar-refractivity contribution in [3.63, 3.8) is 0 Å². The molecule has 102 valence electrons. The molecule has 1 heterocycles. The van der Waals surface area contributed by atoms with Crippen molar-refractivity contribution in [2.24, 2.45) is 11.8 Å². The Labute approximate surface area is 107 Å². The molecule has 0 aromatic heterocycles.